The molecule has 4 nitrogen and oxygen atoms in total. The molecule has 0 aromatic carbocycles. The highest BCUT2D eigenvalue weighted by atomic mass is 79.9. The van der Waals surface area contributed by atoms with Crippen LogP contribution in [0.25, 0.3) is 0 Å². The van der Waals surface area contributed by atoms with Crippen LogP contribution in [0.15, 0.2) is 9.27 Å². The van der Waals surface area contributed by atoms with Gasteiger partial charge in [0.25, 0.3) is 0 Å². The Labute approximate surface area is 117 Å². The van der Waals surface area contributed by atoms with Crippen molar-refractivity contribution in [3.63, 3.8) is 0 Å². The van der Waals surface area contributed by atoms with Gasteiger partial charge < -0.3 is 5.32 Å². The van der Waals surface area contributed by atoms with Gasteiger partial charge in [0.2, 0.25) is 0 Å². The van der Waals surface area contributed by atoms with Gasteiger partial charge in [0.15, 0.2) is 0 Å². The molecule has 0 spiro atoms. The van der Waals surface area contributed by atoms with Gasteiger partial charge in [0.05, 0.1) is 10.2 Å². The van der Waals surface area contributed by atoms with E-state index in [1.807, 2.05) is 13.8 Å². The second kappa shape index (κ2) is 6.48. The summed E-state index contributed by atoms with van der Waals surface area (Å²) in [6.45, 7) is 11.7. The van der Waals surface area contributed by atoms with E-state index in [9.17, 15) is 4.79 Å². The Morgan fingerprint density at radius 1 is 1.33 bits per heavy atom. The van der Waals surface area contributed by atoms with Crippen molar-refractivity contribution in [2.24, 2.45) is 5.92 Å². The lowest BCUT2D eigenvalue weighted by molar-refractivity contribution is 0.412. The molecule has 1 aromatic rings. The number of aryl methyl sites for hydroxylation is 1. The molecule has 0 aliphatic carbocycles. The molecule has 1 unspecified atom stereocenters. The van der Waals surface area contributed by atoms with Crippen LogP contribution in [0, 0.1) is 19.8 Å². The average Bonchev–Trinajstić information content (AvgIpc) is 2.29. The Morgan fingerprint density at radius 3 is 2.50 bits per heavy atom. The molecule has 0 saturated carbocycles. The lowest BCUT2D eigenvalue weighted by atomic mass is 10.1. The quantitative estimate of drug-likeness (QED) is 0.906. The summed E-state index contributed by atoms with van der Waals surface area (Å²) in [6.07, 6.45) is 0. The van der Waals surface area contributed by atoms with Crippen LogP contribution in [-0.2, 0) is 6.54 Å². The fourth-order valence-electron chi connectivity index (χ4n) is 1.80. The third kappa shape index (κ3) is 3.92. The topological polar surface area (TPSA) is 46.9 Å². The van der Waals surface area contributed by atoms with E-state index in [0.717, 1.165) is 22.4 Å². The first kappa shape index (κ1) is 15.4. The van der Waals surface area contributed by atoms with Crippen LogP contribution in [0.4, 0.5) is 0 Å². The second-order valence-electron chi connectivity index (χ2n) is 5.16. The minimum Gasteiger partial charge on any atom is -0.314 e. The monoisotopic (exact) mass is 315 g/mol. The summed E-state index contributed by atoms with van der Waals surface area (Å²) in [7, 11) is 0. The highest BCUT2D eigenvalue weighted by Crippen LogP contribution is 2.17. The summed E-state index contributed by atoms with van der Waals surface area (Å²) < 4.78 is 2.66. The summed E-state index contributed by atoms with van der Waals surface area (Å²) in [5, 5.41) is 3.38. The predicted octanol–water partition coefficient (Wildman–Crippen LogP) is 2.26. The molecule has 1 N–H and O–H groups in total. The van der Waals surface area contributed by atoms with Crippen LogP contribution >= 0.6 is 15.9 Å². The maximum absolute atomic E-state index is 11.9. The molecule has 1 heterocycles. The Kier molecular flexibility index (Phi) is 5.53. The molecule has 0 aliphatic heterocycles. The van der Waals surface area contributed by atoms with E-state index < -0.39 is 0 Å². The van der Waals surface area contributed by atoms with Gasteiger partial charge >= 0.3 is 5.69 Å². The first-order chi connectivity index (χ1) is 8.32. The number of hydrogen-bond donors (Lipinski definition) is 1. The van der Waals surface area contributed by atoms with Crippen molar-refractivity contribution in [1.29, 1.82) is 0 Å². The van der Waals surface area contributed by atoms with Gasteiger partial charge in [-0.2, -0.15) is 4.98 Å². The maximum Gasteiger partial charge on any atom is 0.348 e. The maximum atomic E-state index is 11.9. The zero-order valence-electron chi connectivity index (χ0n) is 11.7. The Balaban J connectivity index is 2.85. The van der Waals surface area contributed by atoms with Crippen molar-refractivity contribution in [3.8, 4) is 0 Å². The summed E-state index contributed by atoms with van der Waals surface area (Å²) in [5.74, 6) is 0.389. The normalized spacial score (nSPS) is 13.1. The van der Waals surface area contributed by atoms with Crippen molar-refractivity contribution in [2.45, 2.75) is 47.2 Å². The molecule has 0 bridgehead atoms. The summed E-state index contributed by atoms with van der Waals surface area (Å²) in [6, 6.07) is 0.466. The number of halogens is 1. The summed E-state index contributed by atoms with van der Waals surface area (Å²) in [5.41, 5.74) is 1.54. The fraction of sp³-hybridized carbons (Fsp3) is 0.692. The van der Waals surface area contributed by atoms with E-state index in [0.29, 0.717) is 18.5 Å². The molecule has 0 radical (unpaired) electrons. The van der Waals surface area contributed by atoms with Gasteiger partial charge in [-0.3, -0.25) is 4.57 Å². The molecule has 5 heteroatoms. The molecule has 18 heavy (non-hydrogen) atoms. The SMILES string of the molecule is Cc1nc(=O)n(CC(C)CNC(C)C)c(C)c1Br. The molecule has 0 saturated heterocycles. The van der Waals surface area contributed by atoms with Gasteiger partial charge in [-0.1, -0.05) is 20.8 Å². The van der Waals surface area contributed by atoms with Gasteiger partial charge in [-0.05, 0) is 42.2 Å². The third-order valence-corrected chi connectivity index (χ3v) is 4.05. The molecule has 0 amide bonds. The van der Waals surface area contributed by atoms with E-state index in [1.54, 1.807) is 4.57 Å². The minimum atomic E-state index is -0.162. The van der Waals surface area contributed by atoms with Crippen LogP contribution < -0.4 is 11.0 Å². The van der Waals surface area contributed by atoms with Gasteiger partial charge in [-0.25, -0.2) is 4.79 Å². The first-order valence-corrected chi connectivity index (χ1v) is 7.09. The fourth-order valence-corrected chi connectivity index (χ4v) is 2.11. The van der Waals surface area contributed by atoms with Crippen LogP contribution in [0.1, 0.15) is 32.2 Å². The van der Waals surface area contributed by atoms with Crippen molar-refractivity contribution >= 4 is 15.9 Å². The predicted molar refractivity (Wildman–Crippen MR) is 78.0 cm³/mol. The van der Waals surface area contributed by atoms with E-state index in [4.69, 9.17) is 0 Å². The van der Waals surface area contributed by atoms with E-state index in [-0.39, 0.29) is 5.69 Å². The number of nitrogens with one attached hydrogen (secondary N) is 1. The highest BCUT2D eigenvalue weighted by molar-refractivity contribution is 9.10. The van der Waals surface area contributed by atoms with Crippen LogP contribution in [0.2, 0.25) is 0 Å². The summed E-state index contributed by atoms with van der Waals surface area (Å²) in [4.78, 5) is 15.9. The minimum absolute atomic E-state index is 0.162. The molecule has 0 aliphatic rings. The number of aromatic nitrogens is 2. The smallest absolute Gasteiger partial charge is 0.314 e. The van der Waals surface area contributed by atoms with Crippen LogP contribution in [0.5, 0.6) is 0 Å². The second-order valence-corrected chi connectivity index (χ2v) is 5.95. The van der Waals surface area contributed by atoms with Crippen molar-refractivity contribution in [2.75, 3.05) is 6.54 Å². The number of rotatable bonds is 5. The lowest BCUT2D eigenvalue weighted by Crippen LogP contribution is -2.34. The van der Waals surface area contributed by atoms with E-state index >= 15 is 0 Å². The molecular weight excluding hydrogens is 294 g/mol. The van der Waals surface area contributed by atoms with Crippen molar-refractivity contribution in [3.05, 3.63) is 26.3 Å². The Bertz CT molecular complexity index is 468. The highest BCUT2D eigenvalue weighted by Gasteiger charge is 2.12. The average molecular weight is 316 g/mol. The van der Waals surface area contributed by atoms with Crippen LogP contribution in [-0.4, -0.2) is 22.1 Å². The zero-order valence-corrected chi connectivity index (χ0v) is 13.3. The first-order valence-electron chi connectivity index (χ1n) is 6.29. The number of hydrogen-bond acceptors (Lipinski definition) is 3. The van der Waals surface area contributed by atoms with Gasteiger partial charge in [-0.15, -0.1) is 0 Å². The van der Waals surface area contributed by atoms with Crippen molar-refractivity contribution in [1.82, 2.24) is 14.9 Å². The lowest BCUT2D eigenvalue weighted by Gasteiger charge is -2.18. The van der Waals surface area contributed by atoms with Gasteiger partial charge in [0, 0.05) is 18.3 Å². The molecule has 1 rings (SSSR count). The third-order valence-electron chi connectivity index (χ3n) is 2.90. The molecule has 0 fully saturated rings. The van der Waals surface area contributed by atoms with E-state index in [1.165, 1.54) is 0 Å². The summed E-state index contributed by atoms with van der Waals surface area (Å²) >= 11 is 3.48. The molecular formula is C13H22BrN3O. The standard InChI is InChI=1S/C13H22BrN3O/c1-8(2)15-6-9(3)7-17-11(5)12(14)10(4)16-13(17)18/h8-9,15H,6-7H2,1-5H3. The van der Waals surface area contributed by atoms with Crippen molar-refractivity contribution < 1.29 is 0 Å². The number of nitrogens with zero attached hydrogens (tertiary/aromatic N) is 2. The molecule has 102 valence electrons. The Hall–Kier alpha value is -0.680. The van der Waals surface area contributed by atoms with Gasteiger partial charge in [0.1, 0.15) is 0 Å². The zero-order chi connectivity index (χ0) is 13.9. The Morgan fingerprint density at radius 2 is 1.94 bits per heavy atom. The largest absolute Gasteiger partial charge is 0.348 e. The van der Waals surface area contributed by atoms with E-state index in [2.05, 4.69) is 47.0 Å². The van der Waals surface area contributed by atoms with Crippen LogP contribution in [0.3, 0.4) is 0 Å². The molecule has 1 aromatic heterocycles. The molecule has 1 atom stereocenters.